The molecule has 0 bridgehead atoms. The van der Waals surface area contributed by atoms with Gasteiger partial charge in [0.25, 0.3) is 0 Å². The molecular formula is C13H20N2O5. The number of carboxylic acid groups (broad SMARTS) is 1. The molecule has 0 atom stereocenters. The highest BCUT2D eigenvalue weighted by Crippen LogP contribution is 2.14. The van der Waals surface area contributed by atoms with Gasteiger partial charge >= 0.3 is 12.0 Å². The Bertz CT molecular complexity index is 501. The normalized spacial score (nSPS) is 11.2. The number of carbonyl (C=O) groups excluding carboxylic acids is 1. The fourth-order valence-corrected chi connectivity index (χ4v) is 1.79. The van der Waals surface area contributed by atoms with Crippen LogP contribution < -0.4 is 5.32 Å². The molecule has 0 saturated heterocycles. The van der Waals surface area contributed by atoms with Crippen molar-refractivity contribution < 1.29 is 24.2 Å². The summed E-state index contributed by atoms with van der Waals surface area (Å²) in [6.45, 7) is 5.02. The first-order valence-corrected chi connectivity index (χ1v) is 6.14. The lowest BCUT2D eigenvalue weighted by Crippen LogP contribution is -2.44. The second-order valence-corrected chi connectivity index (χ2v) is 5.31. The predicted octanol–water partition coefficient (Wildman–Crippen LogP) is 1.20. The fourth-order valence-electron chi connectivity index (χ4n) is 1.79. The third-order valence-electron chi connectivity index (χ3n) is 2.58. The van der Waals surface area contributed by atoms with Crippen LogP contribution in [0.15, 0.2) is 10.5 Å². The zero-order valence-electron chi connectivity index (χ0n) is 12.1. The van der Waals surface area contributed by atoms with Gasteiger partial charge in [-0.1, -0.05) is 0 Å². The van der Waals surface area contributed by atoms with Gasteiger partial charge in [-0.15, -0.1) is 0 Å². The van der Waals surface area contributed by atoms with E-state index in [0.717, 1.165) is 0 Å². The summed E-state index contributed by atoms with van der Waals surface area (Å²) in [6, 6.07) is 1.01. The molecule has 0 aliphatic carbocycles. The minimum absolute atomic E-state index is 0.0825. The van der Waals surface area contributed by atoms with Gasteiger partial charge in [-0.3, -0.25) is 0 Å². The van der Waals surface area contributed by atoms with Crippen LogP contribution >= 0.6 is 0 Å². The molecule has 0 aliphatic rings. The zero-order valence-corrected chi connectivity index (χ0v) is 12.1. The molecule has 0 unspecified atom stereocenters. The second-order valence-electron chi connectivity index (χ2n) is 5.31. The van der Waals surface area contributed by atoms with Crippen LogP contribution in [0.2, 0.25) is 0 Å². The number of carboxylic acids is 1. The van der Waals surface area contributed by atoms with Gasteiger partial charge in [0.2, 0.25) is 0 Å². The number of aliphatic hydroxyl groups is 1. The van der Waals surface area contributed by atoms with Crippen LogP contribution in [0.3, 0.4) is 0 Å². The van der Waals surface area contributed by atoms with E-state index >= 15 is 0 Å². The maximum Gasteiger partial charge on any atom is 0.339 e. The number of rotatable bonds is 5. The Labute approximate surface area is 117 Å². The van der Waals surface area contributed by atoms with Crippen molar-refractivity contribution in [3.63, 3.8) is 0 Å². The summed E-state index contributed by atoms with van der Waals surface area (Å²) in [7, 11) is 1.56. The number of amides is 2. The Balaban J connectivity index is 2.57. The number of furan rings is 1. The summed E-state index contributed by atoms with van der Waals surface area (Å²) < 4.78 is 5.24. The van der Waals surface area contributed by atoms with E-state index in [1.165, 1.54) is 11.0 Å². The van der Waals surface area contributed by atoms with Crippen molar-refractivity contribution in [3.05, 3.63) is 23.2 Å². The minimum Gasteiger partial charge on any atom is -0.478 e. The number of hydrogen-bond acceptors (Lipinski definition) is 4. The topological polar surface area (TPSA) is 103 Å². The lowest BCUT2D eigenvalue weighted by Gasteiger charge is -2.25. The van der Waals surface area contributed by atoms with E-state index < -0.39 is 11.6 Å². The Morgan fingerprint density at radius 3 is 2.50 bits per heavy atom. The molecule has 7 nitrogen and oxygen atoms in total. The molecule has 1 aromatic heterocycles. The minimum atomic E-state index is -1.07. The average Bonchev–Trinajstić information content (AvgIpc) is 2.65. The smallest absolute Gasteiger partial charge is 0.339 e. The van der Waals surface area contributed by atoms with Crippen LogP contribution in [0.1, 0.15) is 35.7 Å². The molecule has 0 saturated carbocycles. The Morgan fingerprint density at radius 2 is 2.05 bits per heavy atom. The molecule has 7 heteroatoms. The molecule has 20 heavy (non-hydrogen) atoms. The molecule has 0 aromatic carbocycles. The molecule has 2 amide bonds. The van der Waals surface area contributed by atoms with Gasteiger partial charge in [0, 0.05) is 7.05 Å². The molecule has 3 N–H and O–H groups in total. The number of aromatic carboxylic acids is 1. The first-order chi connectivity index (χ1) is 9.10. The number of likely N-dealkylation sites (N-methyl/N-ethyl adjacent to an activating group) is 1. The standard InChI is InChI=1S/C13H20N2O5/c1-8-10(11(16)17)5-9(20-8)6-14-12(18)15(4)7-13(2,3)19/h5,19H,6-7H2,1-4H3,(H,14,18)(H,16,17). The quantitative estimate of drug-likeness (QED) is 0.753. The van der Waals surface area contributed by atoms with Crippen molar-refractivity contribution in [1.29, 1.82) is 0 Å². The third kappa shape index (κ3) is 4.58. The molecule has 0 radical (unpaired) electrons. The van der Waals surface area contributed by atoms with E-state index in [0.29, 0.717) is 11.5 Å². The van der Waals surface area contributed by atoms with E-state index in [1.54, 1.807) is 27.8 Å². The fraction of sp³-hybridized carbons (Fsp3) is 0.538. The van der Waals surface area contributed by atoms with Crippen LogP contribution in [-0.2, 0) is 6.54 Å². The molecule has 0 aliphatic heterocycles. The summed E-state index contributed by atoms with van der Waals surface area (Å²) in [4.78, 5) is 24.0. The lowest BCUT2D eigenvalue weighted by atomic mass is 10.1. The predicted molar refractivity (Wildman–Crippen MR) is 71.6 cm³/mol. The van der Waals surface area contributed by atoms with E-state index in [-0.39, 0.29) is 24.7 Å². The van der Waals surface area contributed by atoms with E-state index in [4.69, 9.17) is 9.52 Å². The number of nitrogens with one attached hydrogen (secondary N) is 1. The SMILES string of the molecule is Cc1oc(CNC(=O)N(C)CC(C)(C)O)cc1C(=O)O. The van der Waals surface area contributed by atoms with Crippen LogP contribution in [-0.4, -0.2) is 46.3 Å². The molecule has 0 spiro atoms. The first kappa shape index (κ1) is 16.0. The van der Waals surface area contributed by atoms with Gasteiger partial charge in [-0.25, -0.2) is 9.59 Å². The summed E-state index contributed by atoms with van der Waals surface area (Å²) in [5.74, 6) is -0.403. The maximum absolute atomic E-state index is 11.8. The molecule has 112 valence electrons. The van der Waals surface area contributed by atoms with Crippen molar-refractivity contribution in [3.8, 4) is 0 Å². The largest absolute Gasteiger partial charge is 0.478 e. The lowest BCUT2D eigenvalue weighted by molar-refractivity contribution is 0.0531. The third-order valence-corrected chi connectivity index (χ3v) is 2.58. The number of urea groups is 1. The highest BCUT2D eigenvalue weighted by Gasteiger charge is 2.20. The summed E-state index contributed by atoms with van der Waals surface area (Å²) in [5.41, 5.74) is -0.900. The summed E-state index contributed by atoms with van der Waals surface area (Å²) in [6.07, 6.45) is 0. The van der Waals surface area contributed by atoms with Crippen molar-refractivity contribution >= 4 is 12.0 Å². The van der Waals surface area contributed by atoms with Crippen molar-refractivity contribution in [2.24, 2.45) is 0 Å². The zero-order chi connectivity index (χ0) is 15.5. The van der Waals surface area contributed by atoms with Gasteiger partial charge in [0.15, 0.2) is 0 Å². The van der Waals surface area contributed by atoms with Crippen LogP contribution in [0.5, 0.6) is 0 Å². The van der Waals surface area contributed by atoms with E-state index in [9.17, 15) is 14.7 Å². The van der Waals surface area contributed by atoms with Gasteiger partial charge in [0.05, 0.1) is 18.7 Å². The molecule has 0 fully saturated rings. The van der Waals surface area contributed by atoms with E-state index in [2.05, 4.69) is 5.32 Å². The van der Waals surface area contributed by atoms with Crippen molar-refractivity contribution in [2.45, 2.75) is 32.9 Å². The van der Waals surface area contributed by atoms with Gasteiger partial charge in [-0.05, 0) is 26.8 Å². The Kier molecular flexibility index (Phi) is 4.78. The Morgan fingerprint density at radius 1 is 1.45 bits per heavy atom. The van der Waals surface area contributed by atoms with Gasteiger partial charge in [0.1, 0.15) is 17.1 Å². The van der Waals surface area contributed by atoms with Crippen LogP contribution in [0, 0.1) is 6.92 Å². The number of carbonyl (C=O) groups is 2. The van der Waals surface area contributed by atoms with Crippen molar-refractivity contribution in [1.82, 2.24) is 10.2 Å². The monoisotopic (exact) mass is 284 g/mol. The highest BCUT2D eigenvalue weighted by molar-refractivity contribution is 5.88. The van der Waals surface area contributed by atoms with E-state index in [1.807, 2.05) is 0 Å². The summed E-state index contributed by atoms with van der Waals surface area (Å²) >= 11 is 0. The molecule has 1 heterocycles. The van der Waals surface area contributed by atoms with Crippen molar-refractivity contribution in [2.75, 3.05) is 13.6 Å². The molecule has 1 aromatic rings. The highest BCUT2D eigenvalue weighted by atomic mass is 16.4. The number of aryl methyl sites for hydroxylation is 1. The van der Waals surface area contributed by atoms with Crippen LogP contribution in [0.4, 0.5) is 4.79 Å². The average molecular weight is 284 g/mol. The second kappa shape index (κ2) is 5.96. The maximum atomic E-state index is 11.8. The molecule has 1 rings (SSSR count). The number of hydrogen-bond donors (Lipinski definition) is 3. The summed E-state index contributed by atoms with van der Waals surface area (Å²) in [5, 5.41) is 21.1. The Hall–Kier alpha value is -2.02. The van der Waals surface area contributed by atoms with Crippen LogP contribution in [0.25, 0.3) is 0 Å². The number of nitrogens with zero attached hydrogens (tertiary/aromatic N) is 1. The first-order valence-electron chi connectivity index (χ1n) is 6.14. The van der Waals surface area contributed by atoms with Gasteiger partial charge in [-0.2, -0.15) is 0 Å². The molecular weight excluding hydrogens is 264 g/mol. The van der Waals surface area contributed by atoms with Gasteiger partial charge < -0.3 is 24.8 Å².